The second-order valence-corrected chi connectivity index (χ2v) is 3.45. The first kappa shape index (κ1) is 9.99. The van der Waals surface area contributed by atoms with Crippen LogP contribution in [0.1, 0.15) is 5.56 Å². The van der Waals surface area contributed by atoms with E-state index < -0.39 is 0 Å². The van der Waals surface area contributed by atoms with Gasteiger partial charge in [0.1, 0.15) is 6.61 Å². The Balaban J connectivity index is 1.96. The van der Waals surface area contributed by atoms with Crippen LogP contribution in [0.15, 0.2) is 42.6 Å². The minimum Gasteiger partial charge on any atom is -0.473 e. The van der Waals surface area contributed by atoms with E-state index in [2.05, 4.69) is 11.1 Å². The molecule has 0 saturated heterocycles. The molecular weight excluding hydrogens is 210 g/mol. The molecule has 0 bridgehead atoms. The zero-order valence-electron chi connectivity index (χ0n) is 7.98. The summed E-state index contributed by atoms with van der Waals surface area (Å²) in [6, 6.07) is 13.9. The standard InChI is InChI=1S/C12H9ClNO/c13-11-6-4-10(5-7-11)9-15-12-3-1-2-8-14-12/h2-8H,9H2. The third-order valence-corrected chi connectivity index (χ3v) is 2.13. The van der Waals surface area contributed by atoms with Crippen LogP contribution in [0, 0.1) is 6.07 Å². The van der Waals surface area contributed by atoms with Crippen molar-refractivity contribution in [1.29, 1.82) is 0 Å². The largest absolute Gasteiger partial charge is 0.473 e. The predicted molar refractivity (Wildman–Crippen MR) is 58.9 cm³/mol. The second-order valence-electron chi connectivity index (χ2n) is 3.01. The molecule has 0 saturated carbocycles. The molecule has 0 aliphatic rings. The van der Waals surface area contributed by atoms with Crippen LogP contribution in [-0.2, 0) is 6.61 Å². The fourth-order valence-electron chi connectivity index (χ4n) is 1.13. The highest BCUT2D eigenvalue weighted by Crippen LogP contribution is 2.11. The van der Waals surface area contributed by atoms with Crippen LogP contribution >= 0.6 is 11.6 Å². The number of rotatable bonds is 3. The Labute approximate surface area is 93.5 Å². The number of pyridine rings is 1. The van der Waals surface area contributed by atoms with Crippen molar-refractivity contribution in [3.05, 3.63) is 59.2 Å². The molecule has 1 heterocycles. The highest BCUT2D eigenvalue weighted by molar-refractivity contribution is 6.30. The van der Waals surface area contributed by atoms with Crippen molar-refractivity contribution in [3.8, 4) is 5.88 Å². The van der Waals surface area contributed by atoms with E-state index in [0.717, 1.165) is 10.6 Å². The zero-order valence-corrected chi connectivity index (χ0v) is 8.74. The Morgan fingerprint density at radius 1 is 1.27 bits per heavy atom. The highest BCUT2D eigenvalue weighted by Gasteiger charge is 1.95. The lowest BCUT2D eigenvalue weighted by Gasteiger charge is -2.04. The van der Waals surface area contributed by atoms with Crippen molar-refractivity contribution >= 4 is 11.6 Å². The molecule has 1 aromatic carbocycles. The molecule has 0 amide bonds. The lowest BCUT2D eigenvalue weighted by Crippen LogP contribution is -1.96. The molecule has 0 aliphatic heterocycles. The van der Waals surface area contributed by atoms with Gasteiger partial charge in [-0.15, -0.1) is 0 Å². The molecule has 1 aromatic heterocycles. The summed E-state index contributed by atoms with van der Waals surface area (Å²) in [5.41, 5.74) is 1.06. The first-order valence-electron chi connectivity index (χ1n) is 4.54. The molecule has 0 atom stereocenters. The maximum atomic E-state index is 5.77. The predicted octanol–water partition coefficient (Wildman–Crippen LogP) is 3.11. The molecule has 3 heteroatoms. The van der Waals surface area contributed by atoms with E-state index in [1.807, 2.05) is 24.3 Å². The van der Waals surface area contributed by atoms with Gasteiger partial charge in [-0.3, -0.25) is 0 Å². The fourth-order valence-corrected chi connectivity index (χ4v) is 1.25. The molecule has 1 radical (unpaired) electrons. The quantitative estimate of drug-likeness (QED) is 0.790. The smallest absolute Gasteiger partial charge is 0.214 e. The van der Waals surface area contributed by atoms with Gasteiger partial charge in [-0.05, 0) is 29.8 Å². The minimum atomic E-state index is 0.488. The van der Waals surface area contributed by atoms with Crippen molar-refractivity contribution in [1.82, 2.24) is 4.98 Å². The third kappa shape index (κ3) is 2.96. The maximum Gasteiger partial charge on any atom is 0.214 e. The van der Waals surface area contributed by atoms with Crippen LogP contribution in [-0.4, -0.2) is 4.98 Å². The van der Waals surface area contributed by atoms with Gasteiger partial charge in [0.25, 0.3) is 0 Å². The monoisotopic (exact) mass is 218 g/mol. The number of nitrogens with zero attached hydrogens (tertiary/aromatic N) is 1. The number of aromatic nitrogens is 1. The average molecular weight is 219 g/mol. The molecular formula is C12H9ClNO. The molecule has 15 heavy (non-hydrogen) atoms. The fraction of sp³-hybridized carbons (Fsp3) is 0.0833. The summed E-state index contributed by atoms with van der Waals surface area (Å²) >= 11 is 5.77. The van der Waals surface area contributed by atoms with E-state index >= 15 is 0 Å². The van der Waals surface area contributed by atoms with E-state index in [-0.39, 0.29) is 0 Å². The second kappa shape index (κ2) is 4.80. The first-order chi connectivity index (χ1) is 7.34. The summed E-state index contributed by atoms with van der Waals surface area (Å²) in [7, 11) is 0. The summed E-state index contributed by atoms with van der Waals surface area (Å²) in [5, 5.41) is 0.727. The van der Waals surface area contributed by atoms with Crippen LogP contribution < -0.4 is 4.74 Å². The molecule has 0 aliphatic carbocycles. The third-order valence-electron chi connectivity index (χ3n) is 1.88. The minimum absolute atomic E-state index is 0.488. The Hall–Kier alpha value is -1.54. The number of ether oxygens (including phenoxy) is 1. The van der Waals surface area contributed by atoms with Gasteiger partial charge >= 0.3 is 0 Å². The van der Waals surface area contributed by atoms with Gasteiger partial charge in [0, 0.05) is 17.3 Å². The Kier molecular flexibility index (Phi) is 3.20. The van der Waals surface area contributed by atoms with Crippen LogP contribution in [0.2, 0.25) is 5.02 Å². The van der Waals surface area contributed by atoms with E-state index in [9.17, 15) is 0 Å². The number of benzene rings is 1. The zero-order chi connectivity index (χ0) is 10.5. The number of hydrogen-bond donors (Lipinski definition) is 0. The summed E-state index contributed by atoms with van der Waals surface area (Å²) in [6.45, 7) is 0.488. The lowest BCUT2D eigenvalue weighted by molar-refractivity contribution is 0.294. The van der Waals surface area contributed by atoms with Gasteiger partial charge in [0.2, 0.25) is 5.88 Å². The van der Waals surface area contributed by atoms with E-state index in [0.29, 0.717) is 12.5 Å². The average Bonchev–Trinajstić information content (AvgIpc) is 2.30. The normalized spacial score (nSPS) is 9.93. The van der Waals surface area contributed by atoms with E-state index in [4.69, 9.17) is 16.3 Å². The first-order valence-corrected chi connectivity index (χ1v) is 4.92. The van der Waals surface area contributed by atoms with E-state index in [1.165, 1.54) is 0 Å². The van der Waals surface area contributed by atoms with Crippen LogP contribution in [0.5, 0.6) is 5.88 Å². The molecule has 0 spiro atoms. The molecule has 2 nitrogen and oxygen atoms in total. The summed E-state index contributed by atoms with van der Waals surface area (Å²) in [4.78, 5) is 4.03. The van der Waals surface area contributed by atoms with Crippen molar-refractivity contribution in [2.75, 3.05) is 0 Å². The van der Waals surface area contributed by atoms with Gasteiger partial charge in [0.05, 0.1) is 0 Å². The van der Waals surface area contributed by atoms with Crippen molar-refractivity contribution in [3.63, 3.8) is 0 Å². The summed E-state index contributed by atoms with van der Waals surface area (Å²) in [5.74, 6) is 0.576. The molecule has 75 valence electrons. The molecule has 0 unspecified atom stereocenters. The van der Waals surface area contributed by atoms with Gasteiger partial charge in [-0.25, -0.2) is 4.98 Å². The van der Waals surface area contributed by atoms with Gasteiger partial charge < -0.3 is 4.74 Å². The molecule has 0 N–H and O–H groups in total. The number of halogens is 1. The van der Waals surface area contributed by atoms with Crippen LogP contribution in [0.4, 0.5) is 0 Å². The molecule has 2 rings (SSSR count). The van der Waals surface area contributed by atoms with Gasteiger partial charge in [-0.1, -0.05) is 23.7 Å². The Morgan fingerprint density at radius 2 is 2.07 bits per heavy atom. The lowest BCUT2D eigenvalue weighted by atomic mass is 10.2. The molecule has 0 fully saturated rings. The van der Waals surface area contributed by atoms with E-state index in [1.54, 1.807) is 18.3 Å². The Morgan fingerprint density at radius 3 is 2.73 bits per heavy atom. The van der Waals surface area contributed by atoms with Crippen LogP contribution in [0.3, 0.4) is 0 Å². The number of hydrogen-bond acceptors (Lipinski definition) is 2. The van der Waals surface area contributed by atoms with Crippen molar-refractivity contribution < 1.29 is 4.74 Å². The summed E-state index contributed by atoms with van der Waals surface area (Å²) < 4.78 is 5.45. The topological polar surface area (TPSA) is 22.1 Å². The SMILES string of the molecule is Clc1ccc(COc2c[c]ccn2)cc1. The van der Waals surface area contributed by atoms with Crippen molar-refractivity contribution in [2.24, 2.45) is 0 Å². The van der Waals surface area contributed by atoms with Gasteiger partial charge in [-0.2, -0.15) is 0 Å². The highest BCUT2D eigenvalue weighted by atomic mass is 35.5. The van der Waals surface area contributed by atoms with Gasteiger partial charge in [0.15, 0.2) is 0 Å². The van der Waals surface area contributed by atoms with Crippen LogP contribution in [0.25, 0.3) is 0 Å². The Bertz CT molecular complexity index is 413. The maximum absolute atomic E-state index is 5.77. The van der Waals surface area contributed by atoms with Crippen molar-refractivity contribution in [2.45, 2.75) is 6.61 Å². The molecule has 2 aromatic rings. The summed E-state index contributed by atoms with van der Waals surface area (Å²) in [6.07, 6.45) is 1.65.